The normalized spacial score (nSPS) is 9.43. The summed E-state index contributed by atoms with van der Waals surface area (Å²) in [5.41, 5.74) is 6.15. The van der Waals surface area contributed by atoms with Crippen LogP contribution in [0.3, 0.4) is 0 Å². The van der Waals surface area contributed by atoms with Gasteiger partial charge in [-0.1, -0.05) is 12.1 Å². The monoisotopic (exact) mass is 196 g/mol. The molecule has 0 aromatic heterocycles. The van der Waals surface area contributed by atoms with E-state index in [0.29, 0.717) is 11.4 Å². The molecule has 0 aliphatic rings. The average molecular weight is 196 g/mol. The highest BCUT2D eigenvalue weighted by Gasteiger charge is 1.98. The first-order chi connectivity index (χ1) is 6.70. The highest BCUT2D eigenvalue weighted by molar-refractivity contribution is 5.64. The van der Waals surface area contributed by atoms with Crippen LogP contribution in [-0.4, -0.2) is 24.4 Å². The van der Waals surface area contributed by atoms with Gasteiger partial charge in [-0.25, -0.2) is 4.79 Å². The molecule has 4 N–H and O–H groups in total. The molecular formula is C9H12N2O3. The fourth-order valence-corrected chi connectivity index (χ4v) is 0.931. The summed E-state index contributed by atoms with van der Waals surface area (Å²) < 4.78 is 5.24. The van der Waals surface area contributed by atoms with Gasteiger partial charge in [-0.05, 0) is 12.1 Å². The molecule has 14 heavy (non-hydrogen) atoms. The van der Waals surface area contributed by atoms with Crippen molar-refractivity contribution in [2.45, 2.75) is 0 Å². The zero-order valence-electron chi connectivity index (χ0n) is 7.56. The molecule has 1 amide bonds. The summed E-state index contributed by atoms with van der Waals surface area (Å²) >= 11 is 0. The van der Waals surface area contributed by atoms with Crippen LogP contribution in [-0.2, 0) is 0 Å². The summed E-state index contributed by atoms with van der Waals surface area (Å²) in [6.07, 6.45) is -1.06. The summed E-state index contributed by atoms with van der Waals surface area (Å²) in [6.45, 7) is 0.504. The summed E-state index contributed by atoms with van der Waals surface area (Å²) in [4.78, 5) is 10.1. The van der Waals surface area contributed by atoms with Gasteiger partial charge < -0.3 is 20.9 Å². The third-order valence-electron chi connectivity index (χ3n) is 1.55. The van der Waals surface area contributed by atoms with E-state index in [1.54, 1.807) is 24.3 Å². The Bertz CT molecular complexity index is 315. The Hall–Kier alpha value is -1.91. The molecule has 0 fully saturated rings. The Morgan fingerprint density at radius 3 is 2.86 bits per heavy atom. The lowest BCUT2D eigenvalue weighted by Crippen LogP contribution is -2.26. The van der Waals surface area contributed by atoms with Crippen LogP contribution in [0.15, 0.2) is 24.3 Å². The minimum absolute atomic E-state index is 0.240. The Labute approximate surface area is 81.5 Å². The minimum Gasteiger partial charge on any atom is -0.490 e. The number of carboxylic acid groups (broad SMARTS) is 1. The SMILES string of the molecule is Nc1ccccc1OCCNC(=O)O. The van der Waals surface area contributed by atoms with Gasteiger partial charge >= 0.3 is 6.09 Å². The largest absolute Gasteiger partial charge is 0.490 e. The molecule has 0 spiro atoms. The van der Waals surface area contributed by atoms with E-state index < -0.39 is 6.09 Å². The topological polar surface area (TPSA) is 84.6 Å². The zero-order chi connectivity index (χ0) is 10.4. The Kier molecular flexibility index (Phi) is 3.60. The Balaban J connectivity index is 2.31. The number of carbonyl (C=O) groups is 1. The first-order valence-electron chi connectivity index (χ1n) is 4.14. The number of nitrogens with two attached hydrogens (primary N) is 1. The van der Waals surface area contributed by atoms with Gasteiger partial charge in [0.05, 0.1) is 12.2 Å². The van der Waals surface area contributed by atoms with Crippen molar-refractivity contribution in [3.05, 3.63) is 24.3 Å². The zero-order valence-corrected chi connectivity index (χ0v) is 7.56. The summed E-state index contributed by atoms with van der Waals surface area (Å²) in [7, 11) is 0. The molecule has 0 unspecified atom stereocenters. The number of hydrogen-bond donors (Lipinski definition) is 3. The van der Waals surface area contributed by atoms with Gasteiger partial charge in [-0.15, -0.1) is 0 Å². The molecule has 0 saturated heterocycles. The van der Waals surface area contributed by atoms with Crippen molar-refractivity contribution in [3.63, 3.8) is 0 Å². The molecule has 5 nitrogen and oxygen atoms in total. The van der Waals surface area contributed by atoms with Gasteiger partial charge in [0.1, 0.15) is 12.4 Å². The second kappa shape index (κ2) is 4.96. The molecule has 0 heterocycles. The van der Waals surface area contributed by atoms with Gasteiger partial charge in [0.15, 0.2) is 0 Å². The highest BCUT2D eigenvalue weighted by atomic mass is 16.5. The van der Waals surface area contributed by atoms with Crippen molar-refractivity contribution in [1.82, 2.24) is 5.32 Å². The molecule has 0 atom stereocenters. The third-order valence-corrected chi connectivity index (χ3v) is 1.55. The predicted molar refractivity (Wildman–Crippen MR) is 52.4 cm³/mol. The lowest BCUT2D eigenvalue weighted by atomic mass is 10.3. The van der Waals surface area contributed by atoms with Crippen LogP contribution in [0, 0.1) is 0 Å². The van der Waals surface area contributed by atoms with Gasteiger partial charge in [-0.3, -0.25) is 0 Å². The number of benzene rings is 1. The van der Waals surface area contributed by atoms with Crippen LogP contribution in [0.2, 0.25) is 0 Å². The number of nitrogens with one attached hydrogen (secondary N) is 1. The maximum atomic E-state index is 10.1. The molecule has 0 saturated carbocycles. The average Bonchev–Trinajstić information content (AvgIpc) is 2.15. The van der Waals surface area contributed by atoms with Gasteiger partial charge in [0, 0.05) is 0 Å². The first kappa shape index (κ1) is 10.2. The van der Waals surface area contributed by atoms with Crippen LogP contribution in [0.5, 0.6) is 5.75 Å². The summed E-state index contributed by atoms with van der Waals surface area (Å²) in [5, 5.41) is 10.5. The second-order valence-electron chi connectivity index (χ2n) is 2.62. The van der Waals surface area contributed by atoms with E-state index in [1.807, 2.05) is 0 Å². The molecule has 76 valence electrons. The van der Waals surface area contributed by atoms with Crippen molar-refractivity contribution >= 4 is 11.8 Å². The molecular weight excluding hydrogens is 184 g/mol. The lowest BCUT2D eigenvalue weighted by molar-refractivity contribution is 0.191. The quantitative estimate of drug-likeness (QED) is 0.493. The fourth-order valence-electron chi connectivity index (χ4n) is 0.931. The van der Waals surface area contributed by atoms with E-state index in [1.165, 1.54) is 0 Å². The third kappa shape index (κ3) is 3.22. The van der Waals surface area contributed by atoms with Gasteiger partial charge in [0.25, 0.3) is 0 Å². The number of ether oxygens (including phenoxy) is 1. The first-order valence-corrected chi connectivity index (χ1v) is 4.14. The fraction of sp³-hybridized carbons (Fsp3) is 0.222. The van der Waals surface area contributed by atoms with Crippen LogP contribution >= 0.6 is 0 Å². The van der Waals surface area contributed by atoms with Crippen LogP contribution in [0.4, 0.5) is 10.5 Å². The maximum absolute atomic E-state index is 10.1. The van der Waals surface area contributed by atoms with E-state index in [2.05, 4.69) is 5.32 Å². The van der Waals surface area contributed by atoms with Crippen molar-refractivity contribution in [3.8, 4) is 5.75 Å². The molecule has 0 bridgehead atoms. The molecule has 0 radical (unpaired) electrons. The summed E-state index contributed by atoms with van der Waals surface area (Å²) in [6, 6.07) is 7.06. The van der Waals surface area contributed by atoms with E-state index in [9.17, 15) is 4.79 Å². The second-order valence-corrected chi connectivity index (χ2v) is 2.62. The Morgan fingerprint density at radius 1 is 1.50 bits per heavy atom. The molecule has 0 aliphatic carbocycles. The van der Waals surface area contributed by atoms with Crippen LogP contribution in [0.1, 0.15) is 0 Å². The smallest absolute Gasteiger partial charge is 0.404 e. The van der Waals surface area contributed by atoms with Crippen molar-refractivity contribution < 1.29 is 14.6 Å². The number of amides is 1. The molecule has 1 aromatic rings. The highest BCUT2D eigenvalue weighted by Crippen LogP contribution is 2.19. The number of anilines is 1. The molecule has 1 aromatic carbocycles. The molecule has 5 heteroatoms. The van der Waals surface area contributed by atoms with Crippen molar-refractivity contribution in [2.24, 2.45) is 0 Å². The number of nitrogen functional groups attached to an aromatic ring is 1. The van der Waals surface area contributed by atoms with Gasteiger partial charge in [0.2, 0.25) is 0 Å². The Morgan fingerprint density at radius 2 is 2.21 bits per heavy atom. The minimum atomic E-state index is -1.06. The number of rotatable bonds is 4. The van der Waals surface area contributed by atoms with Crippen molar-refractivity contribution in [2.75, 3.05) is 18.9 Å². The lowest BCUT2D eigenvalue weighted by Gasteiger charge is -2.07. The standard InChI is InChI=1S/C9H12N2O3/c10-7-3-1-2-4-8(7)14-6-5-11-9(12)13/h1-4,11H,5-6,10H2,(H,12,13). The van der Waals surface area contributed by atoms with E-state index in [0.717, 1.165) is 0 Å². The molecule has 0 aliphatic heterocycles. The van der Waals surface area contributed by atoms with Crippen LogP contribution < -0.4 is 15.8 Å². The summed E-state index contributed by atoms with van der Waals surface area (Å²) in [5.74, 6) is 0.569. The van der Waals surface area contributed by atoms with Crippen molar-refractivity contribution in [1.29, 1.82) is 0 Å². The van der Waals surface area contributed by atoms with E-state index in [4.69, 9.17) is 15.6 Å². The number of hydrogen-bond acceptors (Lipinski definition) is 3. The van der Waals surface area contributed by atoms with Gasteiger partial charge in [-0.2, -0.15) is 0 Å². The maximum Gasteiger partial charge on any atom is 0.404 e. The predicted octanol–water partition coefficient (Wildman–Crippen LogP) is 0.915. The van der Waals surface area contributed by atoms with E-state index >= 15 is 0 Å². The number of para-hydroxylation sites is 2. The van der Waals surface area contributed by atoms with E-state index in [-0.39, 0.29) is 13.2 Å². The molecule has 1 rings (SSSR count). The van der Waals surface area contributed by atoms with Crippen LogP contribution in [0.25, 0.3) is 0 Å².